The molecule has 1 heterocycles. The van der Waals surface area contributed by atoms with Gasteiger partial charge in [-0.15, -0.1) is 0 Å². The Morgan fingerprint density at radius 3 is 3.13 bits per heavy atom. The van der Waals surface area contributed by atoms with Gasteiger partial charge in [0.15, 0.2) is 0 Å². The molecule has 0 saturated carbocycles. The van der Waals surface area contributed by atoms with Gasteiger partial charge in [-0.25, -0.2) is 0 Å². The molecule has 15 heavy (non-hydrogen) atoms. The molecular formula is C12H14O3. The van der Waals surface area contributed by atoms with Crippen molar-refractivity contribution in [2.24, 2.45) is 0 Å². The zero-order chi connectivity index (χ0) is 10.8. The van der Waals surface area contributed by atoms with Crippen LogP contribution in [0.15, 0.2) is 18.2 Å². The van der Waals surface area contributed by atoms with Gasteiger partial charge in [0.25, 0.3) is 0 Å². The maximum Gasteiger partial charge on any atom is 0.307 e. The molecule has 0 aromatic heterocycles. The lowest BCUT2D eigenvalue weighted by atomic mass is 9.92. The summed E-state index contributed by atoms with van der Waals surface area (Å²) in [5.41, 5.74) is 3.19. The summed E-state index contributed by atoms with van der Waals surface area (Å²) >= 11 is 0. The minimum absolute atomic E-state index is 0.0179. The number of carboxylic acids is 1. The number of hydrogen-bond acceptors (Lipinski definition) is 2. The molecule has 1 aliphatic rings. The van der Waals surface area contributed by atoms with Crippen molar-refractivity contribution in [1.82, 2.24) is 0 Å². The second kappa shape index (κ2) is 4.03. The van der Waals surface area contributed by atoms with Crippen LogP contribution in [0.2, 0.25) is 0 Å². The van der Waals surface area contributed by atoms with E-state index >= 15 is 0 Å². The predicted molar refractivity (Wildman–Crippen MR) is 55.9 cm³/mol. The molecule has 0 radical (unpaired) electrons. The lowest BCUT2D eigenvalue weighted by molar-refractivity contribution is -0.136. The third-order valence-corrected chi connectivity index (χ3v) is 2.77. The summed E-state index contributed by atoms with van der Waals surface area (Å²) in [6.07, 6.45) is 0.980. The van der Waals surface area contributed by atoms with Crippen LogP contribution in [0.25, 0.3) is 0 Å². The predicted octanol–water partition coefficient (Wildman–Crippen LogP) is 1.95. The molecule has 0 saturated heterocycles. The fourth-order valence-electron chi connectivity index (χ4n) is 2.15. The number of benzene rings is 1. The molecule has 0 spiro atoms. The molecule has 80 valence electrons. The third-order valence-electron chi connectivity index (χ3n) is 2.77. The Bertz CT molecular complexity index is 384. The van der Waals surface area contributed by atoms with E-state index in [0.29, 0.717) is 0 Å². The van der Waals surface area contributed by atoms with Crippen molar-refractivity contribution in [2.45, 2.75) is 25.9 Å². The van der Waals surface area contributed by atoms with E-state index in [4.69, 9.17) is 9.84 Å². The lowest BCUT2D eigenvalue weighted by Crippen LogP contribution is -2.17. The van der Waals surface area contributed by atoms with Crippen LogP contribution in [0.5, 0.6) is 0 Å². The lowest BCUT2D eigenvalue weighted by Gasteiger charge is -2.25. The van der Waals surface area contributed by atoms with Crippen LogP contribution in [-0.4, -0.2) is 17.7 Å². The molecule has 1 aromatic carbocycles. The van der Waals surface area contributed by atoms with E-state index in [-0.39, 0.29) is 12.5 Å². The first kappa shape index (κ1) is 10.2. The van der Waals surface area contributed by atoms with Gasteiger partial charge < -0.3 is 9.84 Å². The third kappa shape index (κ3) is 2.02. The van der Waals surface area contributed by atoms with Crippen molar-refractivity contribution >= 4 is 5.97 Å². The number of fused-ring (bicyclic) bond motifs is 1. The SMILES string of the molecule is C[C@H]1OCCc2cccc(CC(=O)O)c21. The highest BCUT2D eigenvalue weighted by molar-refractivity contribution is 5.71. The Kier molecular flexibility index (Phi) is 2.73. The minimum Gasteiger partial charge on any atom is -0.481 e. The van der Waals surface area contributed by atoms with Gasteiger partial charge >= 0.3 is 5.97 Å². The summed E-state index contributed by atoms with van der Waals surface area (Å²) in [5, 5.41) is 8.81. The number of aliphatic carboxylic acids is 1. The summed E-state index contributed by atoms with van der Waals surface area (Å²) in [5.74, 6) is -0.791. The molecule has 3 heteroatoms. The van der Waals surface area contributed by atoms with Crippen molar-refractivity contribution in [3.63, 3.8) is 0 Å². The van der Waals surface area contributed by atoms with Crippen molar-refractivity contribution in [3.8, 4) is 0 Å². The Morgan fingerprint density at radius 2 is 2.40 bits per heavy atom. The van der Waals surface area contributed by atoms with Crippen LogP contribution in [0.1, 0.15) is 29.7 Å². The normalized spacial score (nSPS) is 19.7. The van der Waals surface area contributed by atoms with E-state index in [9.17, 15) is 4.79 Å². The Hall–Kier alpha value is -1.35. The second-order valence-corrected chi connectivity index (χ2v) is 3.82. The molecular weight excluding hydrogens is 192 g/mol. The Labute approximate surface area is 88.7 Å². The first-order valence-corrected chi connectivity index (χ1v) is 5.12. The molecule has 0 unspecified atom stereocenters. The van der Waals surface area contributed by atoms with Crippen molar-refractivity contribution in [1.29, 1.82) is 0 Å². The van der Waals surface area contributed by atoms with Gasteiger partial charge in [0, 0.05) is 0 Å². The van der Waals surface area contributed by atoms with Crippen molar-refractivity contribution in [2.75, 3.05) is 6.61 Å². The summed E-state index contributed by atoms with van der Waals surface area (Å²) in [6.45, 7) is 2.70. The largest absolute Gasteiger partial charge is 0.481 e. The van der Waals surface area contributed by atoms with Gasteiger partial charge in [0.2, 0.25) is 0 Å². The van der Waals surface area contributed by atoms with Gasteiger partial charge in [0.05, 0.1) is 19.1 Å². The highest BCUT2D eigenvalue weighted by Crippen LogP contribution is 2.29. The molecule has 0 aliphatic carbocycles. The molecule has 0 fully saturated rings. The van der Waals surface area contributed by atoms with E-state index in [1.54, 1.807) is 0 Å². The van der Waals surface area contributed by atoms with Crippen LogP contribution in [0, 0.1) is 0 Å². The quantitative estimate of drug-likeness (QED) is 0.804. The number of hydrogen-bond donors (Lipinski definition) is 1. The average Bonchev–Trinajstić information content (AvgIpc) is 2.17. The minimum atomic E-state index is -0.791. The van der Waals surface area contributed by atoms with E-state index < -0.39 is 5.97 Å². The first-order chi connectivity index (χ1) is 7.18. The van der Waals surface area contributed by atoms with Crippen LogP contribution in [0.4, 0.5) is 0 Å². The average molecular weight is 206 g/mol. The molecule has 0 bridgehead atoms. The van der Waals surface area contributed by atoms with Crippen LogP contribution in [-0.2, 0) is 22.4 Å². The zero-order valence-corrected chi connectivity index (χ0v) is 8.69. The topological polar surface area (TPSA) is 46.5 Å². The fourth-order valence-corrected chi connectivity index (χ4v) is 2.15. The number of carbonyl (C=O) groups is 1. The standard InChI is InChI=1S/C12H14O3/c1-8-12-9(5-6-15-8)3-2-4-10(12)7-11(13)14/h2-4,8H,5-7H2,1H3,(H,13,14)/t8-/m1/s1. The van der Waals surface area contributed by atoms with Crippen LogP contribution < -0.4 is 0 Å². The Balaban J connectivity index is 2.42. The summed E-state index contributed by atoms with van der Waals surface area (Å²) in [4.78, 5) is 10.7. The highest BCUT2D eigenvalue weighted by atomic mass is 16.5. The van der Waals surface area contributed by atoms with Gasteiger partial charge in [-0.2, -0.15) is 0 Å². The maximum absolute atomic E-state index is 10.7. The number of ether oxygens (including phenoxy) is 1. The van der Waals surface area contributed by atoms with Crippen molar-refractivity contribution in [3.05, 3.63) is 34.9 Å². The molecule has 3 nitrogen and oxygen atoms in total. The highest BCUT2D eigenvalue weighted by Gasteiger charge is 2.20. The van der Waals surface area contributed by atoms with E-state index in [1.807, 2.05) is 19.1 Å². The van der Waals surface area contributed by atoms with Gasteiger partial charge in [-0.05, 0) is 30.0 Å². The molecule has 1 aromatic rings. The molecule has 1 aliphatic heterocycles. The summed E-state index contributed by atoms with van der Waals surface area (Å²) < 4.78 is 5.53. The zero-order valence-electron chi connectivity index (χ0n) is 8.69. The second-order valence-electron chi connectivity index (χ2n) is 3.82. The monoisotopic (exact) mass is 206 g/mol. The van der Waals surface area contributed by atoms with E-state index in [0.717, 1.165) is 24.2 Å². The first-order valence-electron chi connectivity index (χ1n) is 5.12. The Morgan fingerprint density at radius 1 is 1.60 bits per heavy atom. The summed E-state index contributed by atoms with van der Waals surface area (Å²) in [7, 11) is 0. The fraction of sp³-hybridized carbons (Fsp3) is 0.417. The van der Waals surface area contributed by atoms with Crippen LogP contribution >= 0.6 is 0 Å². The van der Waals surface area contributed by atoms with E-state index in [1.165, 1.54) is 5.56 Å². The molecule has 0 amide bonds. The number of rotatable bonds is 2. The maximum atomic E-state index is 10.7. The van der Waals surface area contributed by atoms with Gasteiger partial charge in [-0.3, -0.25) is 4.79 Å². The van der Waals surface area contributed by atoms with Gasteiger partial charge in [-0.1, -0.05) is 18.2 Å². The molecule has 1 N–H and O–H groups in total. The van der Waals surface area contributed by atoms with Gasteiger partial charge in [0.1, 0.15) is 0 Å². The van der Waals surface area contributed by atoms with Crippen LogP contribution in [0.3, 0.4) is 0 Å². The number of carboxylic acid groups (broad SMARTS) is 1. The molecule has 1 atom stereocenters. The molecule has 2 rings (SSSR count). The smallest absolute Gasteiger partial charge is 0.307 e. The van der Waals surface area contributed by atoms with Crippen molar-refractivity contribution < 1.29 is 14.6 Å². The van der Waals surface area contributed by atoms with E-state index in [2.05, 4.69) is 6.07 Å². The summed E-state index contributed by atoms with van der Waals surface area (Å²) in [6, 6.07) is 5.85.